The molecule has 0 aliphatic rings. The normalized spacial score (nSPS) is 13.0. The Kier molecular flexibility index (Phi) is 3.72. The van der Waals surface area contributed by atoms with E-state index in [1.807, 2.05) is 30.3 Å². The van der Waals surface area contributed by atoms with Gasteiger partial charge in [-0.2, -0.15) is 5.10 Å². The topological polar surface area (TPSA) is 44.1 Å². The number of carbonyl (C=O) groups is 1. The van der Waals surface area contributed by atoms with E-state index in [9.17, 15) is 4.79 Å². The van der Waals surface area contributed by atoms with Crippen molar-refractivity contribution in [2.45, 2.75) is 12.5 Å². The van der Waals surface area contributed by atoms with Gasteiger partial charge < -0.3 is 4.74 Å². The Hall–Kier alpha value is -2.80. The zero-order valence-electron chi connectivity index (χ0n) is 11.1. The molecule has 0 spiro atoms. The lowest BCUT2D eigenvalue weighted by molar-refractivity contribution is 0.0276. The predicted octanol–water partition coefficient (Wildman–Crippen LogP) is 2.61. The zero-order chi connectivity index (χ0) is 14.6. The molecule has 100 valence electrons. The lowest BCUT2D eigenvalue weighted by Crippen LogP contribution is -2.27. The van der Waals surface area contributed by atoms with Crippen molar-refractivity contribution >= 4 is 5.97 Å². The van der Waals surface area contributed by atoms with Crippen molar-refractivity contribution in [3.8, 4) is 18.0 Å². The summed E-state index contributed by atoms with van der Waals surface area (Å²) < 4.78 is 6.80. The number of aromatic nitrogens is 2. The summed E-state index contributed by atoms with van der Waals surface area (Å²) in [5, 5.41) is 4.17. The number of hydrogen-bond acceptors (Lipinski definition) is 3. The van der Waals surface area contributed by atoms with Crippen molar-refractivity contribution in [2.75, 3.05) is 0 Å². The van der Waals surface area contributed by atoms with E-state index in [1.54, 1.807) is 23.9 Å². The number of ether oxygens (including phenoxy) is 1. The van der Waals surface area contributed by atoms with Gasteiger partial charge in [-0.1, -0.05) is 30.7 Å². The van der Waals surface area contributed by atoms with Gasteiger partial charge in [0.15, 0.2) is 11.3 Å². The highest BCUT2D eigenvalue weighted by atomic mass is 16.6. The van der Waals surface area contributed by atoms with E-state index in [4.69, 9.17) is 11.2 Å². The molecule has 0 amide bonds. The van der Waals surface area contributed by atoms with Gasteiger partial charge in [0.2, 0.25) is 0 Å². The highest BCUT2D eigenvalue weighted by Gasteiger charge is 2.24. The molecule has 0 aliphatic carbocycles. The average Bonchev–Trinajstić information content (AvgIpc) is 2.98. The molecule has 0 unspecified atom stereocenters. The van der Waals surface area contributed by atoms with Gasteiger partial charge in [-0.15, -0.1) is 6.42 Å². The van der Waals surface area contributed by atoms with E-state index in [0.717, 1.165) is 5.69 Å². The van der Waals surface area contributed by atoms with Gasteiger partial charge in [0, 0.05) is 6.20 Å². The molecule has 0 radical (unpaired) electrons. The van der Waals surface area contributed by atoms with Crippen molar-refractivity contribution in [1.82, 2.24) is 9.78 Å². The smallest absolute Gasteiger partial charge is 0.360 e. The maximum atomic E-state index is 12.0. The van der Waals surface area contributed by atoms with E-state index in [2.05, 4.69) is 17.6 Å². The fourth-order valence-electron chi connectivity index (χ4n) is 1.53. The lowest BCUT2D eigenvalue weighted by Gasteiger charge is -2.18. The van der Waals surface area contributed by atoms with Gasteiger partial charge in [-0.3, -0.25) is 0 Å². The molecule has 2 rings (SSSR count). The summed E-state index contributed by atoms with van der Waals surface area (Å²) >= 11 is 0. The summed E-state index contributed by atoms with van der Waals surface area (Å²) in [7, 11) is 0. The fourth-order valence-corrected chi connectivity index (χ4v) is 1.53. The van der Waals surface area contributed by atoms with E-state index in [-0.39, 0.29) is 5.69 Å². The van der Waals surface area contributed by atoms with E-state index in [1.165, 1.54) is 6.08 Å². The lowest BCUT2D eigenvalue weighted by atomic mass is 10.1. The highest BCUT2D eigenvalue weighted by Crippen LogP contribution is 2.14. The van der Waals surface area contributed by atoms with Crippen molar-refractivity contribution in [3.63, 3.8) is 0 Å². The third kappa shape index (κ3) is 2.78. The summed E-state index contributed by atoms with van der Waals surface area (Å²) in [5.41, 5.74) is -0.0830. The van der Waals surface area contributed by atoms with Crippen LogP contribution in [-0.2, 0) is 4.74 Å². The first-order valence-electron chi connectivity index (χ1n) is 6.04. The van der Waals surface area contributed by atoms with Crippen LogP contribution < -0.4 is 0 Å². The summed E-state index contributed by atoms with van der Waals surface area (Å²) in [5.74, 6) is 1.79. The molecule has 0 aliphatic heterocycles. The first kappa shape index (κ1) is 13.6. The molecule has 0 N–H and O–H groups in total. The van der Waals surface area contributed by atoms with Crippen LogP contribution in [0.5, 0.6) is 0 Å². The van der Waals surface area contributed by atoms with E-state index >= 15 is 0 Å². The average molecular weight is 266 g/mol. The van der Waals surface area contributed by atoms with Crippen molar-refractivity contribution in [1.29, 1.82) is 0 Å². The first-order valence-corrected chi connectivity index (χ1v) is 6.04. The molecule has 1 atom stereocenters. The minimum Gasteiger partial charge on any atom is -0.438 e. The van der Waals surface area contributed by atoms with Crippen LogP contribution in [0.25, 0.3) is 5.69 Å². The Morgan fingerprint density at radius 3 is 2.75 bits per heavy atom. The zero-order valence-corrected chi connectivity index (χ0v) is 11.1. The minimum atomic E-state index is -1.13. The van der Waals surface area contributed by atoms with E-state index < -0.39 is 11.6 Å². The van der Waals surface area contributed by atoms with Crippen LogP contribution in [0.4, 0.5) is 0 Å². The Balaban J connectivity index is 2.20. The summed E-state index contributed by atoms with van der Waals surface area (Å²) in [6.07, 6.45) is 8.41. The monoisotopic (exact) mass is 266 g/mol. The number of para-hydroxylation sites is 1. The first-order chi connectivity index (χ1) is 9.58. The molecule has 0 saturated heterocycles. The third-order valence-corrected chi connectivity index (χ3v) is 2.80. The van der Waals surface area contributed by atoms with Crippen LogP contribution >= 0.6 is 0 Å². The third-order valence-electron chi connectivity index (χ3n) is 2.80. The molecule has 1 aromatic heterocycles. The molecule has 20 heavy (non-hydrogen) atoms. The van der Waals surface area contributed by atoms with Crippen LogP contribution in [0, 0.1) is 12.3 Å². The standard InChI is InChI=1S/C16H14N2O2/c1-4-16(3,5-2)20-15(19)14-11-12-18(17-14)13-9-7-6-8-10-13/h1,5-12H,2H2,3H3/t16-/m1/s1. The molecule has 0 bridgehead atoms. The number of benzene rings is 1. The fraction of sp³-hybridized carbons (Fsp3) is 0.125. The summed E-state index contributed by atoms with van der Waals surface area (Å²) in [6.45, 7) is 5.15. The Morgan fingerprint density at radius 1 is 1.45 bits per heavy atom. The number of rotatable bonds is 4. The van der Waals surface area contributed by atoms with Crippen LogP contribution in [0.1, 0.15) is 17.4 Å². The summed E-state index contributed by atoms with van der Waals surface area (Å²) in [4.78, 5) is 12.0. The maximum Gasteiger partial charge on any atom is 0.360 e. The molecule has 1 heterocycles. The molecule has 1 aromatic carbocycles. The Morgan fingerprint density at radius 2 is 2.15 bits per heavy atom. The second kappa shape index (κ2) is 5.45. The molecule has 4 nitrogen and oxygen atoms in total. The summed E-state index contributed by atoms with van der Waals surface area (Å²) in [6, 6.07) is 11.0. The molecule has 2 aromatic rings. The molecule has 0 fully saturated rings. The molecular weight excluding hydrogens is 252 g/mol. The second-order valence-electron chi connectivity index (χ2n) is 4.33. The second-order valence-corrected chi connectivity index (χ2v) is 4.33. The van der Waals surface area contributed by atoms with Crippen molar-refractivity contribution in [2.24, 2.45) is 0 Å². The van der Waals surface area contributed by atoms with Gasteiger partial charge >= 0.3 is 5.97 Å². The van der Waals surface area contributed by atoms with Crippen molar-refractivity contribution in [3.05, 3.63) is 60.9 Å². The van der Waals surface area contributed by atoms with Gasteiger partial charge in [-0.05, 0) is 31.2 Å². The predicted molar refractivity (Wildman–Crippen MR) is 76.4 cm³/mol. The highest BCUT2D eigenvalue weighted by molar-refractivity contribution is 5.87. The number of terminal acetylenes is 1. The Bertz CT molecular complexity index is 667. The van der Waals surface area contributed by atoms with Gasteiger partial charge in [0.25, 0.3) is 0 Å². The molecule has 0 saturated carbocycles. The number of hydrogen-bond donors (Lipinski definition) is 0. The molecule has 4 heteroatoms. The quantitative estimate of drug-likeness (QED) is 0.485. The maximum absolute atomic E-state index is 12.0. The van der Waals surface area contributed by atoms with Crippen LogP contribution in [0.2, 0.25) is 0 Å². The van der Waals surface area contributed by atoms with Crippen LogP contribution in [-0.4, -0.2) is 21.4 Å². The number of nitrogens with zero attached hydrogens (tertiary/aromatic N) is 2. The van der Waals surface area contributed by atoms with Crippen LogP contribution in [0.15, 0.2) is 55.3 Å². The van der Waals surface area contributed by atoms with E-state index in [0.29, 0.717) is 0 Å². The number of esters is 1. The van der Waals surface area contributed by atoms with Gasteiger partial charge in [-0.25, -0.2) is 9.48 Å². The van der Waals surface area contributed by atoms with Gasteiger partial charge in [0.05, 0.1) is 5.69 Å². The van der Waals surface area contributed by atoms with Gasteiger partial charge in [0.1, 0.15) is 0 Å². The van der Waals surface area contributed by atoms with Crippen LogP contribution in [0.3, 0.4) is 0 Å². The minimum absolute atomic E-state index is 0.192. The largest absolute Gasteiger partial charge is 0.438 e. The van der Waals surface area contributed by atoms with Crippen molar-refractivity contribution < 1.29 is 9.53 Å². The SMILES string of the molecule is C#C[C@](C)(C=C)OC(=O)c1ccn(-c2ccccc2)n1. The molecular formula is C16H14N2O2. The Labute approximate surface area is 117 Å². The number of carbonyl (C=O) groups excluding carboxylic acids is 1.